The smallest absolute Gasteiger partial charge is 0.246 e. The highest BCUT2D eigenvalue weighted by Crippen LogP contribution is 2.18. The lowest BCUT2D eigenvalue weighted by atomic mass is 10.0. The van der Waals surface area contributed by atoms with Crippen LogP contribution < -0.4 is 16.0 Å². The summed E-state index contributed by atoms with van der Waals surface area (Å²) < 4.78 is 13.5. The number of carbonyl (C=O) groups is 2. The molecular formula is C29H40FN7O2. The summed E-state index contributed by atoms with van der Waals surface area (Å²) >= 11 is 0. The molecular weight excluding hydrogens is 497 g/mol. The van der Waals surface area contributed by atoms with Crippen LogP contribution in [0.15, 0.2) is 42.6 Å². The lowest BCUT2D eigenvalue weighted by Crippen LogP contribution is -2.51. The molecule has 1 aromatic heterocycles. The second kappa shape index (κ2) is 15.4. The first-order valence-corrected chi connectivity index (χ1v) is 13.0. The molecule has 10 heteroatoms. The van der Waals surface area contributed by atoms with Gasteiger partial charge in [0.25, 0.3) is 0 Å². The van der Waals surface area contributed by atoms with Gasteiger partial charge in [0.2, 0.25) is 17.8 Å². The Morgan fingerprint density at radius 1 is 1.21 bits per heavy atom. The highest BCUT2D eigenvalue weighted by atomic mass is 19.1. The highest BCUT2D eigenvalue weighted by molar-refractivity contribution is 5.87. The van der Waals surface area contributed by atoms with Gasteiger partial charge in [-0.1, -0.05) is 30.9 Å². The van der Waals surface area contributed by atoms with Crippen molar-refractivity contribution in [3.63, 3.8) is 0 Å². The summed E-state index contributed by atoms with van der Waals surface area (Å²) in [5.74, 6) is 6.35. The van der Waals surface area contributed by atoms with E-state index in [9.17, 15) is 14.0 Å². The van der Waals surface area contributed by atoms with Crippen molar-refractivity contribution in [2.24, 2.45) is 0 Å². The minimum atomic E-state index is -0.597. The molecule has 0 saturated heterocycles. The fourth-order valence-electron chi connectivity index (χ4n) is 3.58. The molecule has 39 heavy (non-hydrogen) atoms. The molecule has 1 heterocycles. The van der Waals surface area contributed by atoms with Gasteiger partial charge < -0.3 is 25.8 Å². The monoisotopic (exact) mass is 537 g/mol. The Morgan fingerprint density at radius 3 is 2.67 bits per heavy atom. The maximum atomic E-state index is 13.5. The molecule has 210 valence electrons. The first-order chi connectivity index (χ1) is 18.5. The topological polar surface area (TPSA) is 102 Å². The van der Waals surface area contributed by atoms with E-state index in [2.05, 4.69) is 37.8 Å². The van der Waals surface area contributed by atoms with Gasteiger partial charge in [-0.05, 0) is 52.6 Å². The summed E-state index contributed by atoms with van der Waals surface area (Å²) in [4.78, 5) is 37.2. The van der Waals surface area contributed by atoms with Crippen LogP contribution >= 0.6 is 0 Å². The van der Waals surface area contributed by atoms with Crippen molar-refractivity contribution >= 4 is 29.3 Å². The van der Waals surface area contributed by atoms with Crippen LogP contribution in [-0.4, -0.2) is 77.9 Å². The van der Waals surface area contributed by atoms with Gasteiger partial charge in [-0.15, -0.1) is 0 Å². The Labute approximate surface area is 231 Å². The third-order valence-corrected chi connectivity index (χ3v) is 5.33. The zero-order chi connectivity index (χ0) is 28.8. The van der Waals surface area contributed by atoms with Crippen molar-refractivity contribution in [3.8, 4) is 11.8 Å². The van der Waals surface area contributed by atoms with E-state index >= 15 is 0 Å². The molecule has 2 aromatic rings. The Morgan fingerprint density at radius 2 is 1.97 bits per heavy atom. The van der Waals surface area contributed by atoms with Crippen molar-refractivity contribution in [3.05, 3.63) is 54.0 Å². The Balaban J connectivity index is 1.94. The average molecular weight is 538 g/mol. The predicted octanol–water partition coefficient (Wildman–Crippen LogP) is 3.78. The van der Waals surface area contributed by atoms with Crippen LogP contribution in [-0.2, 0) is 9.59 Å². The third-order valence-electron chi connectivity index (χ3n) is 5.33. The lowest BCUT2D eigenvalue weighted by molar-refractivity contribution is -0.127. The van der Waals surface area contributed by atoms with Gasteiger partial charge in [-0.2, -0.15) is 4.98 Å². The molecule has 1 aromatic carbocycles. The van der Waals surface area contributed by atoms with Gasteiger partial charge >= 0.3 is 0 Å². The van der Waals surface area contributed by atoms with E-state index in [0.29, 0.717) is 49.1 Å². The number of rotatable bonds is 13. The molecule has 9 nitrogen and oxygen atoms in total. The molecule has 0 spiro atoms. The van der Waals surface area contributed by atoms with Crippen molar-refractivity contribution < 1.29 is 14.0 Å². The molecule has 2 rings (SSSR count). The standard InChI is InChI=1S/C29H40FN7O2/c1-7-17-31-27-22(20-32-28(34-27)33-24-14-10-13-23(30)19-24)12-8-9-15-25(38)35-29(2,3)21-37(6)26(39)16-11-18-36(4)5/h10-11,13-14,16,19-20H,7,9,15,17-18,21H2,1-6H3,(H,35,38)(H2,31,32,33,34)/b16-11+. The van der Waals surface area contributed by atoms with Crippen LogP contribution in [0.1, 0.15) is 45.6 Å². The summed E-state index contributed by atoms with van der Waals surface area (Å²) in [6.07, 6.45) is 6.42. The van der Waals surface area contributed by atoms with E-state index in [-0.39, 0.29) is 24.1 Å². The molecule has 0 unspecified atom stereocenters. The molecule has 0 bridgehead atoms. The summed E-state index contributed by atoms with van der Waals surface area (Å²) in [7, 11) is 5.58. The molecule has 0 radical (unpaired) electrons. The number of nitrogens with one attached hydrogen (secondary N) is 3. The number of hydrogen-bond acceptors (Lipinski definition) is 7. The zero-order valence-electron chi connectivity index (χ0n) is 23.8. The lowest BCUT2D eigenvalue weighted by Gasteiger charge is -2.31. The maximum absolute atomic E-state index is 13.5. The molecule has 0 aliphatic carbocycles. The fraction of sp³-hybridized carbons (Fsp3) is 0.448. The van der Waals surface area contributed by atoms with Gasteiger partial charge in [0.15, 0.2) is 0 Å². The van der Waals surface area contributed by atoms with E-state index in [0.717, 1.165) is 6.42 Å². The van der Waals surface area contributed by atoms with Crippen LogP contribution in [0.3, 0.4) is 0 Å². The largest absolute Gasteiger partial charge is 0.369 e. The number of nitrogens with zero attached hydrogens (tertiary/aromatic N) is 4. The van der Waals surface area contributed by atoms with Gasteiger partial charge in [0.05, 0.1) is 17.3 Å². The maximum Gasteiger partial charge on any atom is 0.246 e. The van der Waals surface area contributed by atoms with Crippen LogP contribution in [0.25, 0.3) is 0 Å². The Bertz CT molecular complexity index is 1200. The number of amides is 2. The van der Waals surface area contributed by atoms with E-state index in [4.69, 9.17) is 0 Å². The van der Waals surface area contributed by atoms with Gasteiger partial charge in [-0.25, -0.2) is 9.37 Å². The number of anilines is 3. The summed E-state index contributed by atoms with van der Waals surface area (Å²) in [5.41, 5.74) is 0.553. The van der Waals surface area contributed by atoms with Gasteiger partial charge in [-0.3, -0.25) is 9.59 Å². The first kappa shape index (κ1) is 31.2. The minimum Gasteiger partial charge on any atom is -0.369 e. The molecule has 0 aliphatic heterocycles. The molecule has 0 fully saturated rings. The van der Waals surface area contributed by atoms with E-state index in [1.165, 1.54) is 12.1 Å². The average Bonchev–Trinajstić information content (AvgIpc) is 2.85. The van der Waals surface area contributed by atoms with Crippen LogP contribution in [0.5, 0.6) is 0 Å². The van der Waals surface area contributed by atoms with Gasteiger partial charge in [0.1, 0.15) is 11.6 Å². The van der Waals surface area contributed by atoms with Crippen LogP contribution in [0.4, 0.5) is 21.8 Å². The molecule has 3 N–H and O–H groups in total. The molecule has 0 aliphatic rings. The number of aromatic nitrogens is 2. The highest BCUT2D eigenvalue weighted by Gasteiger charge is 2.23. The molecule has 0 saturated carbocycles. The molecule has 2 amide bonds. The number of hydrogen-bond donors (Lipinski definition) is 3. The second-order valence-electron chi connectivity index (χ2n) is 10.1. The predicted molar refractivity (Wildman–Crippen MR) is 154 cm³/mol. The quantitative estimate of drug-likeness (QED) is 0.264. The van der Waals surface area contributed by atoms with Crippen molar-refractivity contribution in [1.82, 2.24) is 25.1 Å². The van der Waals surface area contributed by atoms with Crippen molar-refractivity contribution in [1.29, 1.82) is 0 Å². The zero-order valence-corrected chi connectivity index (χ0v) is 23.8. The molecule has 0 atom stereocenters. The van der Waals surface area contributed by atoms with Crippen LogP contribution in [0.2, 0.25) is 0 Å². The fourth-order valence-corrected chi connectivity index (χ4v) is 3.58. The van der Waals surface area contributed by atoms with E-state index < -0.39 is 5.54 Å². The third kappa shape index (κ3) is 12.0. The number of halogens is 1. The summed E-state index contributed by atoms with van der Waals surface area (Å²) in [6, 6.07) is 6.06. The van der Waals surface area contributed by atoms with E-state index in [1.54, 1.807) is 36.4 Å². The summed E-state index contributed by atoms with van der Waals surface area (Å²) in [5, 5.41) is 9.22. The minimum absolute atomic E-state index is 0.114. The van der Waals surface area contributed by atoms with E-state index in [1.807, 2.05) is 45.8 Å². The van der Waals surface area contributed by atoms with Crippen LogP contribution in [0, 0.1) is 17.7 Å². The van der Waals surface area contributed by atoms with Crippen molar-refractivity contribution in [2.75, 3.05) is 51.4 Å². The number of benzene rings is 1. The normalized spacial score (nSPS) is 11.2. The Hall–Kier alpha value is -3.97. The second-order valence-corrected chi connectivity index (χ2v) is 10.1. The Kier molecular flexibility index (Phi) is 12.4. The SMILES string of the molecule is CCCNc1nc(Nc2cccc(F)c2)ncc1C#CCCC(=O)NC(C)(C)CN(C)C(=O)/C=C/CN(C)C. The summed E-state index contributed by atoms with van der Waals surface area (Å²) in [6.45, 7) is 7.55. The number of likely N-dealkylation sites (N-methyl/N-ethyl adjacent to an activating group) is 2. The first-order valence-electron chi connectivity index (χ1n) is 13.0. The van der Waals surface area contributed by atoms with Gasteiger partial charge in [0, 0.05) is 51.3 Å². The number of carbonyl (C=O) groups excluding carboxylic acids is 2. The van der Waals surface area contributed by atoms with Crippen molar-refractivity contribution in [2.45, 2.75) is 45.6 Å².